The van der Waals surface area contributed by atoms with Crippen molar-refractivity contribution in [3.05, 3.63) is 71.5 Å². The van der Waals surface area contributed by atoms with Gasteiger partial charge in [-0.1, -0.05) is 19.9 Å². The van der Waals surface area contributed by atoms with E-state index in [0.29, 0.717) is 17.5 Å². The molecular weight excluding hydrogens is 503 g/mol. The molecule has 0 saturated carbocycles. The normalized spacial score (nSPS) is 11.5. The van der Waals surface area contributed by atoms with Crippen molar-refractivity contribution in [3.63, 3.8) is 0 Å². The second kappa shape index (κ2) is 10.4. The summed E-state index contributed by atoms with van der Waals surface area (Å²) in [5, 5.41) is 7.80. The molecule has 1 aromatic carbocycles. The number of pyridine rings is 1. The van der Waals surface area contributed by atoms with Gasteiger partial charge < -0.3 is 0 Å². The van der Waals surface area contributed by atoms with Crippen LogP contribution < -0.4 is 5.32 Å². The third kappa shape index (κ3) is 6.11. The SMILES string of the molecule is CC.CS(=O)(=O)c1ccc(-n2nc(C(F)(F)F)cc2C(=O)Nc2nc(-c3ccccn3)cs2)cc1. The lowest BCUT2D eigenvalue weighted by molar-refractivity contribution is -0.141. The molecule has 35 heavy (non-hydrogen) atoms. The number of aromatic nitrogens is 4. The second-order valence-corrected chi connectivity index (χ2v) is 9.67. The van der Waals surface area contributed by atoms with Crippen LogP contribution in [0.3, 0.4) is 0 Å². The van der Waals surface area contributed by atoms with Gasteiger partial charge in [-0.15, -0.1) is 11.3 Å². The number of benzene rings is 1. The van der Waals surface area contributed by atoms with Crippen LogP contribution in [0.1, 0.15) is 30.0 Å². The van der Waals surface area contributed by atoms with Gasteiger partial charge in [-0.3, -0.25) is 15.1 Å². The number of amides is 1. The van der Waals surface area contributed by atoms with Crippen molar-refractivity contribution >= 4 is 32.2 Å². The number of nitrogens with zero attached hydrogens (tertiary/aromatic N) is 4. The van der Waals surface area contributed by atoms with Crippen molar-refractivity contribution in [2.24, 2.45) is 0 Å². The average molecular weight is 524 g/mol. The number of halogens is 3. The Kier molecular flexibility index (Phi) is 7.70. The van der Waals surface area contributed by atoms with Gasteiger partial charge in [-0.25, -0.2) is 18.1 Å². The zero-order chi connectivity index (χ0) is 25.8. The number of anilines is 1. The Balaban J connectivity index is 0.00000167. The second-order valence-electron chi connectivity index (χ2n) is 6.80. The highest BCUT2D eigenvalue weighted by molar-refractivity contribution is 7.90. The van der Waals surface area contributed by atoms with Gasteiger partial charge in [-0.05, 0) is 36.4 Å². The fourth-order valence-corrected chi connectivity index (χ4v) is 4.17. The Morgan fingerprint density at radius 3 is 2.31 bits per heavy atom. The highest BCUT2D eigenvalue weighted by Gasteiger charge is 2.36. The molecular formula is C22H20F3N5O3S2. The van der Waals surface area contributed by atoms with Crippen LogP contribution in [0.2, 0.25) is 0 Å². The van der Waals surface area contributed by atoms with E-state index in [1.165, 1.54) is 24.3 Å². The maximum atomic E-state index is 13.3. The molecule has 1 amide bonds. The summed E-state index contributed by atoms with van der Waals surface area (Å²) in [6.45, 7) is 4.00. The van der Waals surface area contributed by atoms with Crippen LogP contribution in [0.15, 0.2) is 65.0 Å². The molecule has 0 spiro atoms. The van der Waals surface area contributed by atoms with Crippen molar-refractivity contribution in [3.8, 4) is 17.1 Å². The first kappa shape index (κ1) is 26.0. The van der Waals surface area contributed by atoms with Crippen molar-refractivity contribution in [2.45, 2.75) is 24.9 Å². The van der Waals surface area contributed by atoms with Crippen molar-refractivity contribution < 1.29 is 26.4 Å². The maximum absolute atomic E-state index is 13.3. The first-order valence-corrected chi connectivity index (χ1v) is 13.0. The van der Waals surface area contributed by atoms with Gasteiger partial charge in [0.25, 0.3) is 5.91 Å². The number of hydrogen-bond acceptors (Lipinski definition) is 7. The first-order valence-electron chi connectivity index (χ1n) is 10.2. The quantitative estimate of drug-likeness (QED) is 0.391. The molecule has 0 saturated heterocycles. The van der Waals surface area contributed by atoms with Crippen LogP contribution in [0.25, 0.3) is 17.1 Å². The van der Waals surface area contributed by atoms with Gasteiger partial charge >= 0.3 is 6.18 Å². The van der Waals surface area contributed by atoms with Crippen LogP contribution in [-0.4, -0.2) is 40.3 Å². The Morgan fingerprint density at radius 2 is 1.74 bits per heavy atom. The zero-order valence-corrected chi connectivity index (χ0v) is 20.4. The summed E-state index contributed by atoms with van der Waals surface area (Å²) in [5.74, 6) is -0.868. The summed E-state index contributed by atoms with van der Waals surface area (Å²) in [6.07, 6.45) is -2.21. The number of carbonyl (C=O) groups is 1. The van der Waals surface area contributed by atoms with E-state index in [4.69, 9.17) is 0 Å². The Morgan fingerprint density at radius 1 is 1.06 bits per heavy atom. The molecule has 184 valence electrons. The summed E-state index contributed by atoms with van der Waals surface area (Å²) < 4.78 is 64.0. The van der Waals surface area contributed by atoms with Crippen LogP contribution in [0, 0.1) is 0 Å². The van der Waals surface area contributed by atoms with E-state index in [-0.39, 0.29) is 15.7 Å². The topological polar surface area (TPSA) is 107 Å². The lowest BCUT2D eigenvalue weighted by Gasteiger charge is -2.08. The fraction of sp³-hybridized carbons (Fsp3) is 0.182. The molecule has 4 rings (SSSR count). The van der Waals surface area contributed by atoms with Crippen LogP contribution in [0.4, 0.5) is 18.3 Å². The van der Waals surface area contributed by atoms with Crippen LogP contribution >= 0.6 is 11.3 Å². The Labute approximate surface area is 203 Å². The van der Waals surface area contributed by atoms with Crippen molar-refractivity contribution in [1.29, 1.82) is 0 Å². The van der Waals surface area contributed by atoms with Crippen molar-refractivity contribution in [2.75, 3.05) is 11.6 Å². The van der Waals surface area contributed by atoms with E-state index in [1.54, 1.807) is 29.8 Å². The molecule has 13 heteroatoms. The molecule has 0 radical (unpaired) electrons. The predicted octanol–water partition coefficient (Wildman–Crippen LogP) is 5.09. The number of hydrogen-bond donors (Lipinski definition) is 1. The number of thiazole rings is 1. The van der Waals surface area contributed by atoms with Gasteiger partial charge in [0.15, 0.2) is 20.7 Å². The number of alkyl halides is 3. The number of carbonyl (C=O) groups excluding carboxylic acids is 1. The standard InChI is InChI=1S/C20H14F3N5O3S2.C2H6/c1-33(30,31)13-7-5-12(6-8-13)28-16(10-17(27-28)20(21,22)23)18(29)26-19-25-15(11-32-19)14-4-2-3-9-24-14;1-2/h2-11H,1H3,(H,25,26,29);1-2H3. The predicted molar refractivity (Wildman–Crippen MR) is 126 cm³/mol. The minimum Gasteiger partial charge on any atom is -0.296 e. The molecule has 0 unspecified atom stereocenters. The Hall–Kier alpha value is -3.58. The fourth-order valence-electron chi connectivity index (χ4n) is 2.84. The molecule has 3 heterocycles. The lowest BCUT2D eigenvalue weighted by atomic mass is 10.3. The molecule has 0 fully saturated rings. The van der Waals surface area contributed by atoms with Gasteiger partial charge in [0.2, 0.25) is 0 Å². The van der Waals surface area contributed by atoms with E-state index in [9.17, 15) is 26.4 Å². The molecule has 1 N–H and O–H groups in total. The molecule has 0 atom stereocenters. The van der Waals surface area contributed by atoms with E-state index in [0.717, 1.165) is 22.3 Å². The average Bonchev–Trinajstić information content (AvgIpc) is 3.48. The van der Waals surface area contributed by atoms with E-state index in [1.807, 2.05) is 13.8 Å². The molecule has 8 nitrogen and oxygen atoms in total. The summed E-state index contributed by atoms with van der Waals surface area (Å²) >= 11 is 1.08. The molecule has 0 aliphatic rings. The van der Waals surface area contributed by atoms with Gasteiger partial charge in [0, 0.05) is 23.9 Å². The summed E-state index contributed by atoms with van der Waals surface area (Å²) in [6, 6.07) is 10.8. The molecule has 0 aliphatic carbocycles. The largest absolute Gasteiger partial charge is 0.435 e. The number of nitrogens with one attached hydrogen (secondary N) is 1. The van der Waals surface area contributed by atoms with E-state index in [2.05, 4.69) is 20.4 Å². The molecule has 4 aromatic rings. The lowest BCUT2D eigenvalue weighted by Crippen LogP contribution is -2.17. The monoisotopic (exact) mass is 523 g/mol. The third-order valence-corrected chi connectivity index (χ3v) is 6.28. The highest BCUT2D eigenvalue weighted by Crippen LogP contribution is 2.30. The summed E-state index contributed by atoms with van der Waals surface area (Å²) in [5.41, 5.74) is -0.519. The van der Waals surface area contributed by atoms with E-state index < -0.39 is 33.3 Å². The molecule has 0 bridgehead atoms. The summed E-state index contributed by atoms with van der Waals surface area (Å²) in [7, 11) is -3.51. The minimum atomic E-state index is -4.79. The number of sulfone groups is 1. The first-order chi connectivity index (χ1) is 16.5. The van der Waals surface area contributed by atoms with Gasteiger partial charge in [0.1, 0.15) is 11.4 Å². The smallest absolute Gasteiger partial charge is 0.296 e. The van der Waals surface area contributed by atoms with Crippen molar-refractivity contribution in [1.82, 2.24) is 19.7 Å². The van der Waals surface area contributed by atoms with Gasteiger partial charge in [-0.2, -0.15) is 18.3 Å². The van der Waals surface area contributed by atoms with Crippen LogP contribution in [-0.2, 0) is 16.0 Å². The minimum absolute atomic E-state index is 0.0229. The Bertz CT molecular complexity index is 1410. The van der Waals surface area contributed by atoms with E-state index >= 15 is 0 Å². The third-order valence-electron chi connectivity index (χ3n) is 4.39. The van der Waals surface area contributed by atoms with Gasteiger partial charge in [0.05, 0.1) is 16.3 Å². The maximum Gasteiger partial charge on any atom is 0.435 e. The number of rotatable bonds is 5. The zero-order valence-electron chi connectivity index (χ0n) is 18.7. The summed E-state index contributed by atoms with van der Waals surface area (Å²) in [4.78, 5) is 21.2. The van der Waals surface area contributed by atoms with Crippen LogP contribution in [0.5, 0.6) is 0 Å². The highest BCUT2D eigenvalue weighted by atomic mass is 32.2. The molecule has 3 aromatic heterocycles. The molecule has 0 aliphatic heterocycles.